The molecule has 0 saturated carbocycles. The highest BCUT2D eigenvalue weighted by Gasteiger charge is 1.97. The van der Waals surface area contributed by atoms with E-state index < -0.39 is 0 Å². The van der Waals surface area contributed by atoms with Gasteiger partial charge >= 0.3 is 0 Å². The number of phenols is 2. The minimum absolute atomic E-state index is 0.252. The van der Waals surface area contributed by atoms with Gasteiger partial charge < -0.3 is 10.2 Å². The van der Waals surface area contributed by atoms with Crippen molar-refractivity contribution in [3.05, 3.63) is 57.6 Å². The first kappa shape index (κ1) is 14.7. The monoisotopic (exact) mass is 284 g/mol. The molecule has 0 aliphatic heterocycles. The van der Waals surface area contributed by atoms with E-state index in [1.807, 2.05) is 0 Å². The lowest BCUT2D eigenvalue weighted by atomic mass is 10.2. The molecule has 96 valence electrons. The first-order valence-corrected chi connectivity index (χ1v) is 6.07. The van der Waals surface area contributed by atoms with Crippen LogP contribution in [0, 0.1) is 13.8 Å². The molecule has 0 aromatic heterocycles. The van der Waals surface area contributed by atoms with E-state index in [-0.39, 0.29) is 11.5 Å². The second kappa shape index (κ2) is 6.53. The zero-order chi connectivity index (χ0) is 13.7. The molecule has 0 atom stereocenters. The van der Waals surface area contributed by atoms with Crippen LogP contribution in [-0.4, -0.2) is 10.2 Å². The molecule has 0 radical (unpaired) electrons. The maximum atomic E-state index is 9.02. The number of hydrogen-bond acceptors (Lipinski definition) is 2. The van der Waals surface area contributed by atoms with Crippen molar-refractivity contribution in [1.29, 1.82) is 0 Å². The van der Waals surface area contributed by atoms with Gasteiger partial charge in [0.25, 0.3) is 0 Å². The van der Waals surface area contributed by atoms with Crippen molar-refractivity contribution in [2.45, 2.75) is 13.8 Å². The van der Waals surface area contributed by atoms with Crippen molar-refractivity contribution in [3.63, 3.8) is 0 Å². The number of aromatic hydroxyl groups is 2. The SMILES string of the molecule is Cc1c(O)cccc1Cl.Cc1c(O)cccc1Cl. The zero-order valence-corrected chi connectivity index (χ0v) is 11.6. The summed E-state index contributed by atoms with van der Waals surface area (Å²) in [5, 5.41) is 19.2. The Morgan fingerprint density at radius 2 is 1.06 bits per heavy atom. The maximum absolute atomic E-state index is 9.02. The van der Waals surface area contributed by atoms with Crippen LogP contribution in [0.1, 0.15) is 11.1 Å². The van der Waals surface area contributed by atoms with Gasteiger partial charge in [0, 0.05) is 21.2 Å². The first-order chi connectivity index (χ1) is 8.43. The summed E-state index contributed by atoms with van der Waals surface area (Å²) >= 11 is 11.3. The van der Waals surface area contributed by atoms with Crippen LogP contribution in [0.2, 0.25) is 10.0 Å². The van der Waals surface area contributed by atoms with E-state index in [1.54, 1.807) is 50.2 Å². The number of rotatable bonds is 0. The average molecular weight is 285 g/mol. The standard InChI is InChI=1S/2C7H7ClO/c2*1-5-6(8)3-2-4-7(5)9/h2*2-4,9H,1H3. The van der Waals surface area contributed by atoms with Crippen molar-refractivity contribution < 1.29 is 10.2 Å². The van der Waals surface area contributed by atoms with Crippen molar-refractivity contribution in [2.75, 3.05) is 0 Å². The van der Waals surface area contributed by atoms with Crippen LogP contribution in [0.4, 0.5) is 0 Å². The van der Waals surface area contributed by atoms with E-state index in [4.69, 9.17) is 33.4 Å². The molecule has 0 spiro atoms. The smallest absolute Gasteiger partial charge is 0.119 e. The number of hydrogen-bond donors (Lipinski definition) is 2. The van der Waals surface area contributed by atoms with Crippen LogP contribution < -0.4 is 0 Å². The Morgan fingerprint density at radius 1 is 0.722 bits per heavy atom. The Hall–Kier alpha value is -1.38. The van der Waals surface area contributed by atoms with Crippen LogP contribution in [0.25, 0.3) is 0 Å². The lowest BCUT2D eigenvalue weighted by molar-refractivity contribution is 0.470. The summed E-state index contributed by atoms with van der Waals surface area (Å²) in [6, 6.07) is 10.1. The minimum Gasteiger partial charge on any atom is -0.508 e. The Bertz CT molecular complexity index is 449. The highest BCUT2D eigenvalue weighted by atomic mass is 35.5. The Morgan fingerprint density at radius 3 is 1.28 bits per heavy atom. The summed E-state index contributed by atoms with van der Waals surface area (Å²) in [6.07, 6.45) is 0. The third-order valence-corrected chi connectivity index (χ3v) is 3.30. The van der Waals surface area contributed by atoms with E-state index in [1.165, 1.54) is 0 Å². The number of benzene rings is 2. The van der Waals surface area contributed by atoms with Gasteiger partial charge in [-0.25, -0.2) is 0 Å². The molecule has 0 saturated heterocycles. The van der Waals surface area contributed by atoms with E-state index in [0.29, 0.717) is 10.0 Å². The van der Waals surface area contributed by atoms with Crippen molar-refractivity contribution >= 4 is 23.2 Å². The van der Waals surface area contributed by atoms with Gasteiger partial charge in [-0.15, -0.1) is 0 Å². The summed E-state index contributed by atoms with van der Waals surface area (Å²) in [4.78, 5) is 0. The molecule has 0 bridgehead atoms. The fourth-order valence-corrected chi connectivity index (χ4v) is 1.53. The van der Waals surface area contributed by atoms with Crippen molar-refractivity contribution in [3.8, 4) is 11.5 Å². The topological polar surface area (TPSA) is 40.5 Å². The molecule has 2 rings (SSSR count). The van der Waals surface area contributed by atoms with Crippen LogP contribution in [0.5, 0.6) is 11.5 Å². The van der Waals surface area contributed by atoms with Gasteiger partial charge in [0.2, 0.25) is 0 Å². The lowest BCUT2D eigenvalue weighted by Gasteiger charge is -1.97. The molecule has 0 aliphatic rings. The van der Waals surface area contributed by atoms with Gasteiger partial charge in [-0.1, -0.05) is 35.3 Å². The molecule has 18 heavy (non-hydrogen) atoms. The lowest BCUT2D eigenvalue weighted by Crippen LogP contribution is -1.73. The second-order valence-corrected chi connectivity index (χ2v) is 4.58. The highest BCUT2D eigenvalue weighted by molar-refractivity contribution is 6.31. The number of halogens is 2. The largest absolute Gasteiger partial charge is 0.508 e. The Balaban J connectivity index is 0.000000180. The third-order valence-electron chi connectivity index (χ3n) is 2.48. The van der Waals surface area contributed by atoms with Gasteiger partial charge in [-0.2, -0.15) is 0 Å². The molecule has 2 aromatic rings. The molecular formula is C14H14Cl2O2. The maximum Gasteiger partial charge on any atom is 0.119 e. The molecule has 2 nitrogen and oxygen atoms in total. The number of phenolic OH excluding ortho intramolecular Hbond substituents is 2. The second-order valence-electron chi connectivity index (χ2n) is 3.77. The van der Waals surface area contributed by atoms with Crippen LogP contribution in [0.15, 0.2) is 36.4 Å². The molecule has 0 heterocycles. The first-order valence-electron chi connectivity index (χ1n) is 5.31. The third kappa shape index (κ3) is 3.83. The predicted octanol–water partition coefficient (Wildman–Crippen LogP) is 4.71. The van der Waals surface area contributed by atoms with Crippen molar-refractivity contribution in [1.82, 2.24) is 0 Å². The van der Waals surface area contributed by atoms with Gasteiger partial charge in [0.1, 0.15) is 11.5 Å². The fraction of sp³-hybridized carbons (Fsp3) is 0.143. The minimum atomic E-state index is 0.252. The van der Waals surface area contributed by atoms with Crippen molar-refractivity contribution in [2.24, 2.45) is 0 Å². The molecular weight excluding hydrogens is 271 g/mol. The van der Waals surface area contributed by atoms with Gasteiger partial charge in [0.05, 0.1) is 0 Å². The predicted molar refractivity (Wildman–Crippen MR) is 75.7 cm³/mol. The summed E-state index contributed by atoms with van der Waals surface area (Å²) < 4.78 is 0. The summed E-state index contributed by atoms with van der Waals surface area (Å²) in [5.41, 5.74) is 1.47. The molecule has 0 amide bonds. The van der Waals surface area contributed by atoms with Gasteiger partial charge in [-0.3, -0.25) is 0 Å². The molecule has 0 fully saturated rings. The Kier molecular flexibility index (Phi) is 5.32. The normalized spacial score (nSPS) is 9.56. The average Bonchev–Trinajstić information content (AvgIpc) is 2.34. The van der Waals surface area contributed by atoms with E-state index >= 15 is 0 Å². The molecule has 2 N–H and O–H groups in total. The van der Waals surface area contributed by atoms with E-state index in [9.17, 15) is 0 Å². The van der Waals surface area contributed by atoms with E-state index in [2.05, 4.69) is 0 Å². The van der Waals surface area contributed by atoms with Crippen LogP contribution in [-0.2, 0) is 0 Å². The summed E-state index contributed by atoms with van der Waals surface area (Å²) in [7, 11) is 0. The quantitative estimate of drug-likeness (QED) is 0.736. The van der Waals surface area contributed by atoms with Crippen LogP contribution in [0.3, 0.4) is 0 Å². The summed E-state index contributed by atoms with van der Waals surface area (Å²) in [5.74, 6) is 0.505. The van der Waals surface area contributed by atoms with E-state index in [0.717, 1.165) is 11.1 Å². The zero-order valence-electron chi connectivity index (χ0n) is 10.1. The summed E-state index contributed by atoms with van der Waals surface area (Å²) in [6.45, 7) is 3.55. The van der Waals surface area contributed by atoms with Gasteiger partial charge in [0.15, 0.2) is 0 Å². The molecule has 2 aromatic carbocycles. The van der Waals surface area contributed by atoms with Crippen LogP contribution >= 0.6 is 23.2 Å². The molecule has 4 heteroatoms. The van der Waals surface area contributed by atoms with Gasteiger partial charge in [-0.05, 0) is 38.1 Å². The molecule has 0 unspecified atom stereocenters. The highest BCUT2D eigenvalue weighted by Crippen LogP contribution is 2.23. The fourth-order valence-electron chi connectivity index (χ4n) is 1.19. The Labute approximate surface area is 116 Å². The molecule has 0 aliphatic carbocycles.